The number of aromatic nitrogens is 4. The number of likely N-dealkylation sites (tertiary alicyclic amines) is 2. The average Bonchev–Trinajstić information content (AvgIpc) is 3.71. The Bertz CT molecular complexity index is 2350. The van der Waals surface area contributed by atoms with Crippen LogP contribution in [-0.4, -0.2) is 104 Å². The molecule has 4 amide bonds. The number of hydrogen-bond acceptors (Lipinski definition) is 9. The van der Waals surface area contributed by atoms with Crippen LogP contribution < -0.4 is 10.6 Å². The third-order valence-electron chi connectivity index (χ3n) is 12.9. The van der Waals surface area contributed by atoms with Gasteiger partial charge in [0.1, 0.15) is 29.4 Å². The highest BCUT2D eigenvalue weighted by Crippen LogP contribution is 2.53. The van der Waals surface area contributed by atoms with Crippen molar-refractivity contribution in [1.82, 2.24) is 40.4 Å². The minimum absolute atomic E-state index is 0.0269. The summed E-state index contributed by atoms with van der Waals surface area (Å²) in [5.74, 6) is 7.89. The number of imidazole rings is 2. The van der Waals surface area contributed by atoms with Gasteiger partial charge in [0.15, 0.2) is 0 Å². The molecule has 2 aromatic carbocycles. The van der Waals surface area contributed by atoms with Gasteiger partial charge in [-0.25, -0.2) is 19.6 Å². The normalized spacial score (nSPS) is 26.6. The molecule has 5 heterocycles. The topological polar surface area (TPSA) is 184 Å². The Hall–Kier alpha value is -5.88. The minimum Gasteiger partial charge on any atom is -0.453 e. The number of benzene rings is 2. The molecule has 3 aliphatic heterocycles. The number of rotatable bonds is 9. The molecule has 1 aliphatic carbocycles. The number of nitrogens with one attached hydrogen (secondary N) is 4. The Labute approximate surface area is 356 Å². The third-order valence-corrected chi connectivity index (χ3v) is 12.9. The summed E-state index contributed by atoms with van der Waals surface area (Å²) < 4.78 is 15.7. The molecule has 15 nitrogen and oxygen atoms in total. The summed E-state index contributed by atoms with van der Waals surface area (Å²) in [5.41, 5.74) is 3.32. The highest BCUT2D eigenvalue weighted by atomic mass is 16.5. The first kappa shape index (κ1) is 41.8. The van der Waals surface area contributed by atoms with Crippen LogP contribution in [0.4, 0.5) is 9.59 Å². The van der Waals surface area contributed by atoms with Crippen molar-refractivity contribution in [3.8, 4) is 23.1 Å². The van der Waals surface area contributed by atoms with E-state index in [1.165, 1.54) is 14.2 Å². The maximum Gasteiger partial charge on any atom is 0.407 e. The molecule has 4 fully saturated rings. The van der Waals surface area contributed by atoms with E-state index >= 15 is 0 Å². The lowest BCUT2D eigenvalue weighted by atomic mass is 9.85. The zero-order valence-corrected chi connectivity index (χ0v) is 35.9. The number of ether oxygens (including phenoxy) is 3. The van der Waals surface area contributed by atoms with Gasteiger partial charge < -0.3 is 44.6 Å². The highest BCUT2D eigenvalue weighted by Gasteiger charge is 2.56. The van der Waals surface area contributed by atoms with Gasteiger partial charge in [-0.05, 0) is 112 Å². The van der Waals surface area contributed by atoms with E-state index in [2.05, 4.69) is 55.6 Å². The van der Waals surface area contributed by atoms with Crippen LogP contribution in [0.3, 0.4) is 0 Å². The molecule has 4 N–H and O–H groups in total. The molecule has 4 aliphatic rings. The van der Waals surface area contributed by atoms with Gasteiger partial charge in [-0.15, -0.1) is 0 Å². The first-order chi connectivity index (χ1) is 29.3. The molecule has 0 radical (unpaired) electrons. The number of carbonyl (C=O) groups is 4. The summed E-state index contributed by atoms with van der Waals surface area (Å²) >= 11 is 0. The van der Waals surface area contributed by atoms with Crippen molar-refractivity contribution < 1.29 is 33.4 Å². The summed E-state index contributed by atoms with van der Waals surface area (Å²) in [6.07, 6.45) is 6.88. The van der Waals surface area contributed by atoms with E-state index in [9.17, 15) is 19.2 Å². The van der Waals surface area contributed by atoms with Crippen molar-refractivity contribution in [2.75, 3.05) is 14.2 Å². The van der Waals surface area contributed by atoms with E-state index in [0.29, 0.717) is 30.3 Å². The standard InChI is InChI=1S/C46H56N8O7/c1-24(2)39(51-45(57)59-6)43(55)54-37-20-32(37)21-38(54)42-48-23-35(50-42)31-13-12-29-18-28(9-11-30(29)19-31)10-14-34-22-47-41(49-34)36-15-8-25(3)53(36)44(56)40(52-46(58)60-7)33-16-26(4)61-27(5)17-33/h9,11-13,18-19,22-27,32-33,36-40H,8,15-17,20-21H2,1-7H3,(H,47,49)(H,48,50)(H,51,57)(H,52,58)/t25-,26-,27+,32-,33+,36+,37-,38+,39+,40?/m1/s1. The molecular weight excluding hydrogens is 777 g/mol. The van der Waals surface area contributed by atoms with Gasteiger partial charge in [-0.2, -0.15) is 0 Å². The fourth-order valence-corrected chi connectivity index (χ4v) is 9.81. The van der Waals surface area contributed by atoms with E-state index in [1.54, 1.807) is 6.20 Å². The van der Waals surface area contributed by atoms with Crippen molar-refractivity contribution in [2.45, 2.75) is 122 Å². The Morgan fingerprint density at radius 3 is 2.21 bits per heavy atom. The summed E-state index contributed by atoms with van der Waals surface area (Å²) in [5, 5.41) is 7.66. The van der Waals surface area contributed by atoms with Crippen molar-refractivity contribution in [3.63, 3.8) is 0 Å². The van der Waals surface area contributed by atoms with Crippen molar-refractivity contribution in [1.29, 1.82) is 0 Å². The van der Waals surface area contributed by atoms with E-state index < -0.39 is 24.3 Å². The van der Waals surface area contributed by atoms with Crippen LogP contribution in [0, 0.1) is 29.6 Å². The van der Waals surface area contributed by atoms with Crippen LogP contribution in [-0.2, 0) is 23.8 Å². The van der Waals surface area contributed by atoms with Crippen LogP contribution >= 0.6 is 0 Å². The maximum atomic E-state index is 14.3. The molecule has 61 heavy (non-hydrogen) atoms. The van der Waals surface area contributed by atoms with E-state index in [-0.39, 0.29) is 60.0 Å². The molecule has 2 aromatic heterocycles. The maximum absolute atomic E-state index is 14.3. The number of amides is 4. The molecule has 1 saturated carbocycles. The predicted molar refractivity (Wildman–Crippen MR) is 227 cm³/mol. The predicted octanol–water partition coefficient (Wildman–Crippen LogP) is 6.38. The minimum atomic E-state index is -0.744. The molecule has 322 valence electrons. The van der Waals surface area contributed by atoms with Crippen molar-refractivity contribution >= 4 is 34.8 Å². The van der Waals surface area contributed by atoms with Crippen molar-refractivity contribution in [3.05, 3.63) is 71.7 Å². The highest BCUT2D eigenvalue weighted by molar-refractivity contribution is 5.89. The number of carbonyl (C=O) groups excluding carboxylic acids is 4. The molecule has 0 bridgehead atoms. The zero-order valence-electron chi connectivity index (χ0n) is 35.9. The SMILES string of the molecule is COC(=O)NC(C(=O)N1[C@H](C)CC[C@H]1c1ncc(C#Cc2ccc3cc(-c4cnc([C@@H]5C[C@H]6C[C@H]6N5C(=O)[C@@H](NC(=O)OC)C(C)C)[nH]4)ccc3c2)[nH]1)[C@H]1C[C@@H](C)O[C@@H](C)C1. The first-order valence-electron chi connectivity index (χ1n) is 21.5. The second kappa shape index (κ2) is 17.2. The number of aromatic amines is 2. The summed E-state index contributed by atoms with van der Waals surface area (Å²) in [6, 6.07) is 10.5. The number of fused-ring (bicyclic) bond motifs is 2. The smallest absolute Gasteiger partial charge is 0.407 e. The number of alkyl carbamates (subject to hydrolysis) is 2. The Kier molecular flexibility index (Phi) is 11.8. The van der Waals surface area contributed by atoms with Crippen LogP contribution in [0.25, 0.3) is 22.0 Å². The molecule has 10 atom stereocenters. The second-order valence-electron chi connectivity index (χ2n) is 17.6. The fourth-order valence-electron chi connectivity index (χ4n) is 9.81. The van der Waals surface area contributed by atoms with Gasteiger partial charge >= 0.3 is 12.2 Å². The Morgan fingerprint density at radius 2 is 1.48 bits per heavy atom. The number of methoxy groups -OCH3 is 2. The van der Waals surface area contributed by atoms with Crippen LogP contribution in [0.2, 0.25) is 0 Å². The monoisotopic (exact) mass is 832 g/mol. The van der Waals surface area contributed by atoms with Gasteiger partial charge in [0.2, 0.25) is 11.8 Å². The van der Waals surface area contributed by atoms with Crippen LogP contribution in [0.5, 0.6) is 0 Å². The number of nitrogens with zero attached hydrogens (tertiary/aromatic N) is 4. The summed E-state index contributed by atoms with van der Waals surface area (Å²) in [6.45, 7) is 9.86. The van der Waals surface area contributed by atoms with Gasteiger partial charge in [-0.3, -0.25) is 9.59 Å². The Balaban J connectivity index is 0.951. The van der Waals surface area contributed by atoms with E-state index in [0.717, 1.165) is 59.1 Å². The van der Waals surface area contributed by atoms with Gasteiger partial charge in [-0.1, -0.05) is 38.0 Å². The van der Waals surface area contributed by atoms with E-state index in [1.807, 2.05) is 68.8 Å². The lowest BCUT2D eigenvalue weighted by Gasteiger charge is -2.39. The number of hydrogen-bond donors (Lipinski definition) is 4. The third kappa shape index (κ3) is 8.68. The first-order valence-corrected chi connectivity index (χ1v) is 21.5. The Morgan fingerprint density at radius 1 is 0.787 bits per heavy atom. The lowest BCUT2D eigenvalue weighted by molar-refractivity contribution is -0.140. The number of H-pyrrole nitrogens is 2. The lowest BCUT2D eigenvalue weighted by Crippen LogP contribution is -2.55. The van der Waals surface area contributed by atoms with Gasteiger partial charge in [0, 0.05) is 23.2 Å². The molecule has 3 saturated heterocycles. The largest absolute Gasteiger partial charge is 0.453 e. The van der Waals surface area contributed by atoms with Gasteiger partial charge in [0.05, 0.1) is 56.6 Å². The molecular formula is C46H56N8O7. The summed E-state index contributed by atoms with van der Waals surface area (Å²) in [4.78, 5) is 72.8. The molecule has 1 unspecified atom stereocenters. The average molecular weight is 833 g/mol. The zero-order chi connectivity index (χ0) is 43.1. The quantitative estimate of drug-likeness (QED) is 0.139. The van der Waals surface area contributed by atoms with Gasteiger partial charge in [0.25, 0.3) is 0 Å². The molecule has 0 spiro atoms. The molecule has 15 heteroatoms. The van der Waals surface area contributed by atoms with Crippen LogP contribution in [0.1, 0.15) is 108 Å². The van der Waals surface area contributed by atoms with Crippen LogP contribution in [0.15, 0.2) is 48.8 Å². The number of piperidine rings is 1. The molecule has 8 rings (SSSR count). The second-order valence-corrected chi connectivity index (χ2v) is 17.6. The fraction of sp³-hybridized carbons (Fsp3) is 0.522. The molecule has 4 aromatic rings. The van der Waals surface area contributed by atoms with Crippen molar-refractivity contribution in [2.24, 2.45) is 17.8 Å². The van der Waals surface area contributed by atoms with E-state index in [4.69, 9.17) is 19.2 Å². The summed E-state index contributed by atoms with van der Waals surface area (Å²) in [7, 11) is 2.61.